The van der Waals surface area contributed by atoms with E-state index in [2.05, 4.69) is 6.58 Å². The zero-order valence-electron chi connectivity index (χ0n) is 30.9. The summed E-state index contributed by atoms with van der Waals surface area (Å²) in [7, 11) is 0. The average molecular weight is 749 g/mol. The molecule has 1 aliphatic heterocycles. The third-order valence-electron chi connectivity index (χ3n) is 8.17. The minimum atomic E-state index is -1.40. The summed E-state index contributed by atoms with van der Waals surface area (Å²) in [6, 6.07) is 27.3. The molecule has 1 saturated heterocycles. The van der Waals surface area contributed by atoms with Gasteiger partial charge in [-0.05, 0) is 30.2 Å². The van der Waals surface area contributed by atoms with Gasteiger partial charge in [-0.2, -0.15) is 0 Å². The molecule has 0 bridgehead atoms. The fourth-order valence-electron chi connectivity index (χ4n) is 5.78. The van der Waals surface area contributed by atoms with Crippen LogP contribution in [0.5, 0.6) is 0 Å². The van der Waals surface area contributed by atoms with Gasteiger partial charge < -0.3 is 42.6 Å². The van der Waals surface area contributed by atoms with Crippen molar-refractivity contribution < 1.29 is 61.8 Å². The highest BCUT2D eigenvalue weighted by molar-refractivity contribution is 5.89. The normalized spacial score (nSPS) is 21.1. The standard InChI is InChI=1S/C41H48O13/c1-6-22-46-25-35(54-41-39(53-30(5)44)38(52-29(4)43)36(27(2)50-41)51-28(3)42)37(48-24-32-18-12-8-13-19-32)34(47-23-31-16-10-7-11-17-31)26-49-40(45)33-20-14-9-15-21-33/h6-21,27,34-39,41H,1,22-26H2,2-5H3/t27-,34+,35+,36-,37+,38+,39+,41-/m0/s1. The predicted molar refractivity (Wildman–Crippen MR) is 194 cm³/mol. The highest BCUT2D eigenvalue weighted by Crippen LogP contribution is 2.31. The molecule has 0 saturated carbocycles. The Kier molecular flexibility index (Phi) is 16.8. The van der Waals surface area contributed by atoms with Gasteiger partial charge in [-0.1, -0.05) is 84.9 Å². The molecule has 1 fully saturated rings. The van der Waals surface area contributed by atoms with Crippen LogP contribution in [0.3, 0.4) is 0 Å². The van der Waals surface area contributed by atoms with Crippen LogP contribution >= 0.6 is 0 Å². The summed E-state index contributed by atoms with van der Waals surface area (Å²) in [5, 5.41) is 0. The molecule has 3 aromatic rings. The Morgan fingerprint density at radius 3 is 1.76 bits per heavy atom. The minimum Gasteiger partial charge on any atom is -0.459 e. The fraction of sp³-hybridized carbons (Fsp3) is 0.415. The van der Waals surface area contributed by atoms with Crippen LogP contribution in [-0.4, -0.2) is 92.7 Å². The number of benzene rings is 3. The summed E-state index contributed by atoms with van der Waals surface area (Å²) in [6.07, 6.45) is -7.65. The van der Waals surface area contributed by atoms with Gasteiger partial charge in [0, 0.05) is 20.8 Å². The van der Waals surface area contributed by atoms with Crippen LogP contribution in [-0.2, 0) is 70.2 Å². The lowest BCUT2D eigenvalue weighted by Crippen LogP contribution is -2.62. The smallest absolute Gasteiger partial charge is 0.338 e. The molecule has 0 aliphatic carbocycles. The Morgan fingerprint density at radius 1 is 0.685 bits per heavy atom. The molecule has 0 radical (unpaired) electrons. The molecule has 0 spiro atoms. The molecule has 1 heterocycles. The number of hydrogen-bond acceptors (Lipinski definition) is 13. The first-order valence-electron chi connectivity index (χ1n) is 17.6. The third-order valence-corrected chi connectivity index (χ3v) is 8.17. The largest absolute Gasteiger partial charge is 0.459 e. The van der Waals surface area contributed by atoms with Crippen LogP contribution in [0.25, 0.3) is 0 Å². The van der Waals surface area contributed by atoms with E-state index in [4.69, 9.17) is 42.6 Å². The molecule has 54 heavy (non-hydrogen) atoms. The van der Waals surface area contributed by atoms with Gasteiger partial charge in [0.05, 0.1) is 38.1 Å². The van der Waals surface area contributed by atoms with Gasteiger partial charge in [-0.15, -0.1) is 6.58 Å². The van der Waals surface area contributed by atoms with Gasteiger partial charge in [-0.3, -0.25) is 14.4 Å². The van der Waals surface area contributed by atoms with E-state index in [9.17, 15) is 19.2 Å². The highest BCUT2D eigenvalue weighted by atomic mass is 16.7. The van der Waals surface area contributed by atoms with Crippen LogP contribution in [0.1, 0.15) is 49.2 Å². The van der Waals surface area contributed by atoms with Gasteiger partial charge in [0.25, 0.3) is 0 Å². The van der Waals surface area contributed by atoms with Crippen LogP contribution in [0.15, 0.2) is 104 Å². The van der Waals surface area contributed by atoms with Crippen molar-refractivity contribution >= 4 is 23.9 Å². The molecule has 8 atom stereocenters. The van der Waals surface area contributed by atoms with E-state index in [1.807, 2.05) is 60.7 Å². The molecule has 4 rings (SSSR count). The second-order valence-corrected chi connectivity index (χ2v) is 12.5. The van der Waals surface area contributed by atoms with E-state index in [1.54, 1.807) is 43.3 Å². The quantitative estimate of drug-likeness (QED) is 0.0650. The van der Waals surface area contributed by atoms with Crippen molar-refractivity contribution in [2.45, 2.75) is 89.9 Å². The van der Waals surface area contributed by atoms with Crippen molar-refractivity contribution in [3.8, 4) is 0 Å². The molecule has 0 amide bonds. The predicted octanol–water partition coefficient (Wildman–Crippen LogP) is 5.14. The van der Waals surface area contributed by atoms with Crippen LogP contribution in [0.2, 0.25) is 0 Å². The number of hydrogen-bond donors (Lipinski definition) is 0. The topological polar surface area (TPSA) is 151 Å². The maximum atomic E-state index is 13.2. The summed E-state index contributed by atoms with van der Waals surface area (Å²) in [6.45, 7) is 8.83. The molecule has 290 valence electrons. The first-order valence-corrected chi connectivity index (χ1v) is 17.6. The monoisotopic (exact) mass is 748 g/mol. The second kappa shape index (κ2) is 21.7. The van der Waals surface area contributed by atoms with E-state index in [1.165, 1.54) is 20.8 Å². The SMILES string of the molecule is C=CCOC[C@@H](O[C@@H]1O[C@@H](C)[C@H](OC(C)=O)[C@@H](OC(C)=O)[C@H]1OC(C)=O)[C@H](OCc1ccccc1)[C@@H](COC(=O)c1ccccc1)OCc1ccccc1. The van der Waals surface area contributed by atoms with E-state index in [0.29, 0.717) is 5.56 Å². The van der Waals surface area contributed by atoms with Crippen molar-refractivity contribution in [1.29, 1.82) is 0 Å². The van der Waals surface area contributed by atoms with Gasteiger partial charge in [0.1, 0.15) is 24.9 Å². The van der Waals surface area contributed by atoms with E-state index >= 15 is 0 Å². The molecular weight excluding hydrogens is 700 g/mol. The summed E-state index contributed by atoms with van der Waals surface area (Å²) in [5.74, 6) is -2.70. The van der Waals surface area contributed by atoms with Crippen molar-refractivity contribution in [2.75, 3.05) is 19.8 Å². The summed E-state index contributed by atoms with van der Waals surface area (Å²) >= 11 is 0. The lowest BCUT2D eigenvalue weighted by Gasteiger charge is -2.45. The lowest BCUT2D eigenvalue weighted by molar-refractivity contribution is -0.323. The number of carbonyl (C=O) groups excluding carboxylic acids is 4. The molecule has 3 aromatic carbocycles. The van der Waals surface area contributed by atoms with Crippen LogP contribution in [0, 0.1) is 0 Å². The molecule has 13 heteroatoms. The van der Waals surface area contributed by atoms with Crippen molar-refractivity contribution in [1.82, 2.24) is 0 Å². The summed E-state index contributed by atoms with van der Waals surface area (Å²) < 4.78 is 54.4. The van der Waals surface area contributed by atoms with Crippen LogP contribution < -0.4 is 0 Å². The van der Waals surface area contributed by atoms with Gasteiger partial charge >= 0.3 is 23.9 Å². The van der Waals surface area contributed by atoms with Crippen LogP contribution in [0.4, 0.5) is 0 Å². The number of ether oxygens (including phenoxy) is 9. The van der Waals surface area contributed by atoms with Crippen molar-refractivity contribution in [3.63, 3.8) is 0 Å². The maximum Gasteiger partial charge on any atom is 0.338 e. The fourth-order valence-corrected chi connectivity index (χ4v) is 5.78. The van der Waals surface area contributed by atoms with Crippen molar-refractivity contribution in [3.05, 3.63) is 120 Å². The Balaban J connectivity index is 1.75. The third kappa shape index (κ3) is 13.2. The highest BCUT2D eigenvalue weighted by Gasteiger charge is 2.52. The maximum absolute atomic E-state index is 13.2. The molecule has 0 aromatic heterocycles. The lowest BCUT2D eigenvalue weighted by atomic mass is 9.98. The van der Waals surface area contributed by atoms with E-state index in [0.717, 1.165) is 11.1 Å². The zero-order valence-corrected chi connectivity index (χ0v) is 30.9. The first-order chi connectivity index (χ1) is 26.0. The molecule has 0 unspecified atom stereocenters. The number of esters is 4. The van der Waals surface area contributed by atoms with E-state index < -0.39 is 72.9 Å². The van der Waals surface area contributed by atoms with Gasteiger partial charge in [0.2, 0.25) is 0 Å². The molecule has 13 nitrogen and oxygen atoms in total. The first kappa shape index (κ1) is 41.8. The molecular formula is C41H48O13. The Morgan fingerprint density at radius 2 is 1.20 bits per heavy atom. The number of carbonyl (C=O) groups is 4. The van der Waals surface area contributed by atoms with Gasteiger partial charge in [-0.25, -0.2) is 4.79 Å². The second-order valence-electron chi connectivity index (χ2n) is 12.5. The van der Waals surface area contributed by atoms with E-state index in [-0.39, 0.29) is 33.0 Å². The summed E-state index contributed by atoms with van der Waals surface area (Å²) in [4.78, 5) is 50.1. The Hall–Kier alpha value is -4.92. The van der Waals surface area contributed by atoms with Gasteiger partial charge in [0.15, 0.2) is 24.6 Å². The Labute approximate surface area is 315 Å². The Bertz CT molecular complexity index is 1620. The van der Waals surface area contributed by atoms with Crippen molar-refractivity contribution in [2.24, 2.45) is 0 Å². The average Bonchev–Trinajstić information content (AvgIpc) is 3.15. The minimum absolute atomic E-state index is 0.0879. The zero-order chi connectivity index (χ0) is 38.9. The molecule has 0 N–H and O–H groups in total. The molecule has 1 aliphatic rings. The number of rotatable bonds is 20. The summed E-state index contributed by atoms with van der Waals surface area (Å²) in [5.41, 5.74) is 2.02.